The average Bonchev–Trinajstić information content (AvgIpc) is 2.74. The Hall–Kier alpha value is 1.58. The van der Waals surface area contributed by atoms with Crippen molar-refractivity contribution in [1.82, 2.24) is 0 Å². The first kappa shape index (κ1) is 17.6. The number of benzene rings is 1. The molecule has 18 heavy (non-hydrogen) atoms. The number of hydrogen-bond acceptors (Lipinski definition) is 2. The van der Waals surface area contributed by atoms with Crippen LogP contribution in [0.25, 0.3) is 0 Å². The minimum atomic E-state index is 0. The molecule has 0 aliphatic carbocycles. The van der Waals surface area contributed by atoms with Crippen molar-refractivity contribution in [1.29, 1.82) is 0 Å². The van der Waals surface area contributed by atoms with E-state index < -0.39 is 0 Å². The van der Waals surface area contributed by atoms with Gasteiger partial charge in [-0.15, -0.1) is 5.92 Å². The van der Waals surface area contributed by atoms with Gasteiger partial charge in [-0.25, -0.2) is 6.61 Å². The van der Waals surface area contributed by atoms with Gasteiger partial charge in [0.15, 0.2) is 0 Å². The van der Waals surface area contributed by atoms with Gasteiger partial charge in [-0.05, 0) is 37.0 Å². The summed E-state index contributed by atoms with van der Waals surface area (Å²) in [7, 11) is 0. The molecule has 3 heteroatoms. The van der Waals surface area contributed by atoms with E-state index in [4.69, 9.17) is 4.74 Å². The topological polar surface area (TPSA) is 9.23 Å². The second-order valence-electron chi connectivity index (χ2n) is 4.78. The zero-order valence-corrected chi connectivity index (χ0v) is 18.8. The van der Waals surface area contributed by atoms with Crippen LogP contribution in [0.2, 0.25) is 0 Å². The number of hydrogen-bond donors (Lipinski definition) is 0. The zero-order valence-electron chi connectivity index (χ0n) is 11.7. The third kappa shape index (κ3) is 5.92. The van der Waals surface area contributed by atoms with E-state index in [1.54, 1.807) is 0 Å². The summed E-state index contributed by atoms with van der Waals surface area (Å²) in [5.41, 5.74) is 1.76. The number of thioether (sulfide) groups is 1. The molecule has 0 N–H and O–H groups in total. The quantitative estimate of drug-likeness (QED) is 0.717. The van der Waals surface area contributed by atoms with E-state index in [2.05, 4.69) is 38.1 Å². The molecule has 1 aliphatic heterocycles. The molecule has 0 saturated carbocycles. The van der Waals surface area contributed by atoms with E-state index in [1.807, 2.05) is 18.4 Å². The zero-order chi connectivity index (χ0) is 12.1. The summed E-state index contributed by atoms with van der Waals surface area (Å²) in [5, 5.41) is 0. The monoisotopic (exact) mass is 382 g/mol. The van der Waals surface area contributed by atoms with Crippen LogP contribution in [0.4, 0.5) is 0 Å². The van der Waals surface area contributed by atoms with Crippen LogP contribution in [0.1, 0.15) is 38.7 Å². The van der Waals surface area contributed by atoms with Crippen LogP contribution in [-0.4, -0.2) is 5.44 Å². The minimum Gasteiger partial charge on any atom is -0.542 e. The Balaban J connectivity index is 0.00000162. The van der Waals surface area contributed by atoms with Gasteiger partial charge in [-0.1, -0.05) is 44.2 Å². The van der Waals surface area contributed by atoms with Crippen LogP contribution in [0.15, 0.2) is 29.2 Å². The molecule has 0 amide bonds. The van der Waals surface area contributed by atoms with Gasteiger partial charge in [0.1, 0.15) is 0 Å². The third-order valence-electron chi connectivity index (χ3n) is 3.04. The summed E-state index contributed by atoms with van der Waals surface area (Å²) >= 11 is 1.83. The molecule has 1 aliphatic rings. The molecule has 1 aromatic rings. The Labute approximate surface area is 174 Å². The largest absolute Gasteiger partial charge is 1.00 e. The molecule has 2 rings (SSSR count). The predicted molar refractivity (Wildman–Crippen MR) is 73.9 cm³/mol. The fourth-order valence-electron chi connectivity index (χ4n) is 1.98. The molecular formula is C15H21CsOS. The van der Waals surface area contributed by atoms with Gasteiger partial charge in [0.2, 0.25) is 0 Å². The smallest absolute Gasteiger partial charge is 0.542 e. The molecular weight excluding hydrogens is 361 g/mol. The van der Waals surface area contributed by atoms with Crippen LogP contribution in [-0.2, 0) is 11.2 Å². The Morgan fingerprint density at radius 3 is 2.61 bits per heavy atom. The van der Waals surface area contributed by atoms with Crippen molar-refractivity contribution in [3.8, 4) is 0 Å². The number of aryl methyl sites for hydroxylation is 1. The van der Waals surface area contributed by atoms with Crippen molar-refractivity contribution in [2.75, 3.05) is 0 Å². The summed E-state index contributed by atoms with van der Waals surface area (Å²) in [6.45, 7) is 6.40. The number of unbranched alkanes of at least 4 members (excludes halogenated alkanes) is 1. The van der Waals surface area contributed by atoms with Gasteiger partial charge in [-0.2, -0.15) is 0 Å². The van der Waals surface area contributed by atoms with E-state index >= 15 is 0 Å². The first-order valence-corrected chi connectivity index (χ1v) is 7.40. The van der Waals surface area contributed by atoms with E-state index in [1.165, 1.54) is 29.7 Å². The maximum atomic E-state index is 5.60. The Kier molecular flexibility index (Phi) is 9.31. The molecule has 94 valence electrons. The average molecular weight is 382 g/mol. The summed E-state index contributed by atoms with van der Waals surface area (Å²) < 4.78 is 5.60. The number of ether oxygens (including phenoxy) is 1. The van der Waals surface area contributed by atoms with Gasteiger partial charge in [0, 0.05) is 4.90 Å². The van der Waals surface area contributed by atoms with Crippen molar-refractivity contribution in [2.45, 2.75) is 49.9 Å². The Bertz CT molecular complexity index is 339. The molecule has 1 aromatic carbocycles. The van der Waals surface area contributed by atoms with Crippen molar-refractivity contribution < 1.29 is 73.6 Å². The van der Waals surface area contributed by atoms with E-state index in [-0.39, 0.29) is 68.9 Å². The van der Waals surface area contributed by atoms with E-state index in [0.29, 0.717) is 11.4 Å². The molecule has 1 unspecified atom stereocenters. The molecule has 1 heterocycles. The first-order chi connectivity index (χ1) is 8.28. The van der Waals surface area contributed by atoms with Crippen molar-refractivity contribution in [2.24, 2.45) is 5.92 Å². The standard InChI is InChI=1S/C15H21OS.Cs/c1-3-4-5-13-6-8-14(9-7-13)17-15-10-12(2)11-16-15;/h6-9,11-12,15H,3-5,10H2,1-2H3;/q-1;+1/t12-,15?;/m1./s1. The van der Waals surface area contributed by atoms with Gasteiger partial charge in [0.05, 0.1) is 5.44 Å². The van der Waals surface area contributed by atoms with Crippen LogP contribution >= 0.6 is 11.8 Å². The van der Waals surface area contributed by atoms with E-state index in [9.17, 15) is 0 Å². The van der Waals surface area contributed by atoms with Gasteiger partial charge in [0.25, 0.3) is 0 Å². The number of rotatable bonds is 5. The second-order valence-corrected chi connectivity index (χ2v) is 6.01. The molecule has 1 nitrogen and oxygen atoms in total. The molecule has 1 fully saturated rings. The van der Waals surface area contributed by atoms with E-state index in [0.717, 1.165) is 6.42 Å². The summed E-state index contributed by atoms with van der Waals surface area (Å²) in [6, 6.07) is 8.95. The summed E-state index contributed by atoms with van der Waals surface area (Å²) in [4.78, 5) is 1.32. The summed E-state index contributed by atoms with van der Waals surface area (Å²) in [6.07, 6.45) is 4.87. The molecule has 2 atom stereocenters. The van der Waals surface area contributed by atoms with Gasteiger partial charge in [-0.3, -0.25) is 0 Å². The van der Waals surface area contributed by atoms with Crippen LogP contribution in [0, 0.1) is 12.5 Å². The molecule has 0 spiro atoms. The van der Waals surface area contributed by atoms with Crippen molar-refractivity contribution in [3.63, 3.8) is 0 Å². The second kappa shape index (κ2) is 9.51. The summed E-state index contributed by atoms with van der Waals surface area (Å²) in [5.74, 6) is 0.594. The Morgan fingerprint density at radius 1 is 1.33 bits per heavy atom. The van der Waals surface area contributed by atoms with Gasteiger partial charge < -0.3 is 4.74 Å². The SMILES string of the molecule is CCCCc1ccc(SC2C[C@@H](C)[CH-]O2)cc1.[Cs+]. The molecule has 0 radical (unpaired) electrons. The molecule has 0 aromatic heterocycles. The first-order valence-electron chi connectivity index (χ1n) is 6.52. The fraction of sp³-hybridized carbons (Fsp3) is 0.533. The van der Waals surface area contributed by atoms with Crippen molar-refractivity contribution >= 4 is 11.8 Å². The third-order valence-corrected chi connectivity index (χ3v) is 4.15. The van der Waals surface area contributed by atoms with Gasteiger partial charge >= 0.3 is 68.9 Å². The molecule has 0 bridgehead atoms. The minimum absolute atomic E-state index is 0. The molecule has 1 saturated heterocycles. The Morgan fingerprint density at radius 2 is 2.06 bits per heavy atom. The predicted octanol–water partition coefficient (Wildman–Crippen LogP) is 1.67. The normalized spacial score (nSPS) is 22.8. The van der Waals surface area contributed by atoms with Crippen LogP contribution in [0.5, 0.6) is 0 Å². The maximum Gasteiger partial charge on any atom is 1.00 e. The maximum absolute atomic E-state index is 5.60. The van der Waals surface area contributed by atoms with Crippen LogP contribution < -0.4 is 68.9 Å². The van der Waals surface area contributed by atoms with Crippen molar-refractivity contribution in [3.05, 3.63) is 36.4 Å². The fourth-order valence-corrected chi connectivity index (χ4v) is 3.10. The van der Waals surface area contributed by atoms with Crippen LogP contribution in [0.3, 0.4) is 0 Å².